The molecule has 0 fully saturated rings. The van der Waals surface area contributed by atoms with Gasteiger partial charge in [-0.15, -0.1) is 0 Å². The normalized spacial score (nSPS) is 14.8. The molecule has 94 valence electrons. The van der Waals surface area contributed by atoms with Crippen molar-refractivity contribution in [3.05, 3.63) is 45.8 Å². The zero-order valence-corrected chi connectivity index (χ0v) is 10.8. The Hall–Kier alpha value is -1.98. The molecule has 1 aliphatic carbocycles. The molecular weight excluding hydrogens is 289 g/mol. The van der Waals surface area contributed by atoms with Gasteiger partial charge in [-0.25, -0.2) is 4.98 Å². The number of hydrogen-bond acceptors (Lipinski definition) is 4. The Balaban J connectivity index is 2.17. The van der Waals surface area contributed by atoms with Gasteiger partial charge < -0.3 is 4.98 Å². The first kappa shape index (κ1) is 12.1. The van der Waals surface area contributed by atoms with Crippen molar-refractivity contribution in [1.29, 1.82) is 0 Å². The fraction of sp³-hybridized carbons (Fsp3) is 0. The van der Waals surface area contributed by atoms with E-state index in [9.17, 15) is 9.59 Å². The molecule has 0 bridgehead atoms. The average Bonchev–Trinajstić information content (AvgIpc) is 2.89. The molecule has 1 aliphatic rings. The Bertz CT molecular complexity index is 693. The van der Waals surface area contributed by atoms with Crippen molar-refractivity contribution in [2.24, 2.45) is 0 Å². The Morgan fingerprint density at radius 3 is 2.47 bits per heavy atom. The summed E-state index contributed by atoms with van der Waals surface area (Å²) in [6, 6.07) is 5.22. The lowest BCUT2D eigenvalue weighted by atomic mass is 10.1. The first-order valence-electron chi connectivity index (χ1n) is 5.25. The van der Waals surface area contributed by atoms with Gasteiger partial charge in [0.2, 0.25) is 11.6 Å². The van der Waals surface area contributed by atoms with Crippen LogP contribution in [0.3, 0.4) is 0 Å². The second-order valence-corrected chi connectivity index (χ2v) is 4.57. The van der Waals surface area contributed by atoms with Crippen LogP contribution in [0.5, 0.6) is 0 Å². The minimum Gasteiger partial charge on any atom is -0.333 e. The average molecular weight is 294 g/mol. The minimum absolute atomic E-state index is 0.0277. The standard InChI is InChI=1S/C12H5Cl2N3O2/c13-6-7(14)11(19)9-8(10(6)18)16-12(17-9)5-3-1-2-4-15-5/h1-4H,(H,16,17). The van der Waals surface area contributed by atoms with Gasteiger partial charge in [-0.3, -0.25) is 14.6 Å². The molecule has 1 N–H and O–H groups in total. The largest absolute Gasteiger partial charge is 0.333 e. The lowest BCUT2D eigenvalue weighted by Crippen LogP contribution is -2.17. The SMILES string of the molecule is O=C1C(Cl)=C(Cl)C(=O)c2[nH]c(-c3ccccn3)nc21. The summed E-state index contributed by atoms with van der Waals surface area (Å²) in [4.78, 5) is 34.7. The van der Waals surface area contributed by atoms with E-state index in [1.165, 1.54) is 0 Å². The fourth-order valence-electron chi connectivity index (χ4n) is 1.74. The van der Waals surface area contributed by atoms with Gasteiger partial charge >= 0.3 is 0 Å². The second-order valence-electron chi connectivity index (χ2n) is 3.81. The van der Waals surface area contributed by atoms with Crippen molar-refractivity contribution in [2.45, 2.75) is 0 Å². The third-order valence-electron chi connectivity index (χ3n) is 2.64. The summed E-state index contributed by atoms with van der Waals surface area (Å²) in [5, 5.41) is -0.603. The molecule has 0 saturated heterocycles. The summed E-state index contributed by atoms with van der Waals surface area (Å²) < 4.78 is 0. The van der Waals surface area contributed by atoms with Crippen molar-refractivity contribution < 1.29 is 9.59 Å². The van der Waals surface area contributed by atoms with Crippen LogP contribution in [-0.2, 0) is 0 Å². The van der Waals surface area contributed by atoms with E-state index in [2.05, 4.69) is 15.0 Å². The minimum atomic E-state index is -0.570. The Morgan fingerprint density at radius 2 is 1.79 bits per heavy atom. The van der Waals surface area contributed by atoms with Crippen molar-refractivity contribution in [3.63, 3.8) is 0 Å². The van der Waals surface area contributed by atoms with Crippen molar-refractivity contribution in [3.8, 4) is 11.5 Å². The lowest BCUT2D eigenvalue weighted by Gasteiger charge is -2.07. The van der Waals surface area contributed by atoms with Gasteiger partial charge in [0.1, 0.15) is 27.1 Å². The van der Waals surface area contributed by atoms with Crippen LogP contribution < -0.4 is 0 Å². The predicted octanol–water partition coefficient (Wildman–Crippen LogP) is 2.54. The summed E-state index contributed by atoms with van der Waals surface area (Å²) in [7, 11) is 0. The van der Waals surface area contributed by atoms with E-state index in [-0.39, 0.29) is 21.5 Å². The number of nitrogens with one attached hydrogen (secondary N) is 1. The maximum Gasteiger partial charge on any atom is 0.226 e. The highest BCUT2D eigenvalue weighted by Crippen LogP contribution is 2.30. The van der Waals surface area contributed by atoms with Gasteiger partial charge in [-0.2, -0.15) is 0 Å². The predicted molar refractivity (Wildman–Crippen MR) is 69.2 cm³/mol. The molecule has 5 nitrogen and oxygen atoms in total. The first-order valence-corrected chi connectivity index (χ1v) is 6.01. The van der Waals surface area contributed by atoms with E-state index in [4.69, 9.17) is 23.2 Å². The number of imidazole rings is 1. The van der Waals surface area contributed by atoms with Gasteiger partial charge in [0, 0.05) is 6.20 Å². The van der Waals surface area contributed by atoms with Crippen LogP contribution in [0.1, 0.15) is 21.0 Å². The molecule has 0 amide bonds. The van der Waals surface area contributed by atoms with Crippen LogP contribution in [0.4, 0.5) is 0 Å². The van der Waals surface area contributed by atoms with Crippen LogP contribution in [0.2, 0.25) is 0 Å². The highest BCUT2D eigenvalue weighted by molar-refractivity contribution is 6.59. The molecule has 3 rings (SSSR count). The topological polar surface area (TPSA) is 75.7 Å². The number of allylic oxidation sites excluding steroid dienone is 2. The molecule has 2 aromatic rings. The third kappa shape index (κ3) is 1.78. The van der Waals surface area contributed by atoms with Crippen LogP contribution >= 0.6 is 23.2 Å². The molecule has 2 heterocycles. The van der Waals surface area contributed by atoms with Crippen LogP contribution in [0, 0.1) is 0 Å². The number of hydrogen-bond donors (Lipinski definition) is 1. The summed E-state index contributed by atoms with van der Waals surface area (Å²) >= 11 is 11.4. The van der Waals surface area contributed by atoms with E-state index in [0.29, 0.717) is 11.5 Å². The first-order chi connectivity index (χ1) is 9.09. The molecule has 7 heteroatoms. The monoisotopic (exact) mass is 293 g/mol. The number of H-pyrrole nitrogens is 1. The summed E-state index contributed by atoms with van der Waals surface area (Å²) in [6.07, 6.45) is 1.58. The zero-order valence-electron chi connectivity index (χ0n) is 9.28. The Morgan fingerprint density at radius 1 is 1.05 bits per heavy atom. The number of aromatic amines is 1. The number of pyridine rings is 1. The third-order valence-corrected chi connectivity index (χ3v) is 3.46. The lowest BCUT2D eigenvalue weighted by molar-refractivity contribution is 0.0982. The molecule has 0 radical (unpaired) electrons. The summed E-state index contributed by atoms with van der Waals surface area (Å²) in [5.74, 6) is -0.793. The quantitative estimate of drug-likeness (QED) is 0.877. The Kier molecular flexibility index (Phi) is 2.73. The molecule has 0 unspecified atom stereocenters. The van der Waals surface area contributed by atoms with E-state index in [1.54, 1.807) is 24.4 Å². The number of nitrogens with zero attached hydrogens (tertiary/aromatic N) is 2. The van der Waals surface area contributed by atoms with Crippen LogP contribution in [0.15, 0.2) is 34.5 Å². The number of rotatable bonds is 1. The fourth-order valence-corrected chi connectivity index (χ4v) is 2.09. The highest BCUT2D eigenvalue weighted by atomic mass is 35.5. The number of fused-ring (bicyclic) bond motifs is 1. The smallest absolute Gasteiger partial charge is 0.226 e. The van der Waals surface area contributed by atoms with Gasteiger partial charge in [0.05, 0.1) is 0 Å². The van der Waals surface area contributed by atoms with Gasteiger partial charge in [0.15, 0.2) is 5.82 Å². The number of aromatic nitrogens is 3. The molecule has 0 spiro atoms. The molecule has 0 aromatic carbocycles. The highest BCUT2D eigenvalue weighted by Gasteiger charge is 2.34. The maximum absolute atomic E-state index is 11.9. The van der Waals surface area contributed by atoms with E-state index < -0.39 is 11.6 Å². The van der Waals surface area contributed by atoms with E-state index >= 15 is 0 Å². The molecule has 0 atom stereocenters. The molecule has 2 aromatic heterocycles. The molecule has 19 heavy (non-hydrogen) atoms. The van der Waals surface area contributed by atoms with Gasteiger partial charge in [-0.05, 0) is 12.1 Å². The molecule has 0 saturated carbocycles. The number of carbonyl (C=O) groups is 2. The maximum atomic E-state index is 11.9. The van der Waals surface area contributed by atoms with E-state index in [1.807, 2.05) is 0 Å². The summed E-state index contributed by atoms with van der Waals surface area (Å²) in [5.41, 5.74) is 0.532. The number of Topliss-reactive ketones (excluding diaryl/α,β-unsaturated/α-hetero) is 2. The van der Waals surface area contributed by atoms with Crippen molar-refractivity contribution in [1.82, 2.24) is 15.0 Å². The molecule has 0 aliphatic heterocycles. The number of halogens is 2. The van der Waals surface area contributed by atoms with Crippen molar-refractivity contribution in [2.75, 3.05) is 0 Å². The Labute approximate surface area is 117 Å². The van der Waals surface area contributed by atoms with Crippen molar-refractivity contribution >= 4 is 34.8 Å². The summed E-state index contributed by atoms with van der Waals surface area (Å²) in [6.45, 7) is 0. The van der Waals surface area contributed by atoms with Gasteiger partial charge in [0.25, 0.3) is 0 Å². The molecular formula is C12H5Cl2N3O2. The van der Waals surface area contributed by atoms with Gasteiger partial charge in [-0.1, -0.05) is 29.3 Å². The van der Waals surface area contributed by atoms with Crippen LogP contribution in [-0.4, -0.2) is 26.5 Å². The second kappa shape index (κ2) is 4.29. The van der Waals surface area contributed by atoms with E-state index in [0.717, 1.165) is 0 Å². The zero-order chi connectivity index (χ0) is 13.6. The number of carbonyl (C=O) groups excluding carboxylic acids is 2. The number of ketones is 2. The van der Waals surface area contributed by atoms with Crippen LogP contribution in [0.25, 0.3) is 11.5 Å².